The Morgan fingerprint density at radius 1 is 0.846 bits per heavy atom. The van der Waals surface area contributed by atoms with Crippen molar-refractivity contribution in [3.8, 4) is 0 Å². The maximum absolute atomic E-state index is 2.65. The molecule has 2 aromatic carbocycles. The first kappa shape index (κ1) is 17.1. The number of nitrogens with zero attached hydrogens (tertiary/aromatic N) is 2. The predicted octanol–water partition coefficient (Wildman–Crippen LogP) is 5.32. The number of hydrogen-bond acceptors (Lipinski definition) is 1. The summed E-state index contributed by atoms with van der Waals surface area (Å²) < 4.78 is 2.40. The monoisotopic (exact) mass is 344 g/mol. The van der Waals surface area contributed by atoms with E-state index in [2.05, 4.69) is 90.2 Å². The molecule has 1 heterocycles. The van der Waals surface area contributed by atoms with E-state index in [1.54, 1.807) is 0 Å². The smallest absolute Gasteiger partial charge is 0.0473 e. The molecule has 0 N–H and O–H groups in total. The van der Waals surface area contributed by atoms with Gasteiger partial charge < -0.3 is 4.57 Å². The molecule has 26 heavy (non-hydrogen) atoms. The van der Waals surface area contributed by atoms with Crippen molar-refractivity contribution < 1.29 is 0 Å². The highest BCUT2D eigenvalue weighted by Gasteiger charge is 2.29. The van der Waals surface area contributed by atoms with Crippen LogP contribution in [0.1, 0.15) is 40.8 Å². The molecule has 1 aliphatic rings. The van der Waals surface area contributed by atoms with Crippen molar-refractivity contribution in [2.24, 2.45) is 0 Å². The first-order chi connectivity index (χ1) is 12.7. The normalized spacial score (nSPS) is 14.1. The molecule has 1 saturated carbocycles. The van der Waals surface area contributed by atoms with Crippen LogP contribution in [-0.2, 0) is 19.6 Å². The summed E-state index contributed by atoms with van der Waals surface area (Å²) in [6.45, 7) is 7.36. The van der Waals surface area contributed by atoms with Crippen molar-refractivity contribution in [1.82, 2.24) is 9.47 Å². The zero-order chi connectivity index (χ0) is 17.9. The average Bonchev–Trinajstić information content (AvgIpc) is 3.37. The van der Waals surface area contributed by atoms with Gasteiger partial charge in [-0.3, -0.25) is 4.90 Å². The number of benzene rings is 2. The molecular formula is C24H28N2. The largest absolute Gasteiger partial charge is 0.346 e. The van der Waals surface area contributed by atoms with Crippen LogP contribution in [-0.4, -0.2) is 15.5 Å². The van der Waals surface area contributed by atoms with Crippen LogP contribution in [0.4, 0.5) is 0 Å². The molecule has 0 atom stereocenters. The average molecular weight is 345 g/mol. The molecule has 1 fully saturated rings. The Labute approximate surface area is 157 Å². The maximum Gasteiger partial charge on any atom is 0.0473 e. The van der Waals surface area contributed by atoms with Crippen molar-refractivity contribution in [2.45, 2.75) is 52.4 Å². The van der Waals surface area contributed by atoms with Crippen LogP contribution < -0.4 is 0 Å². The quantitative estimate of drug-likeness (QED) is 0.563. The number of rotatable bonds is 7. The van der Waals surface area contributed by atoms with Crippen molar-refractivity contribution in [1.29, 1.82) is 0 Å². The Hall–Kier alpha value is -2.32. The van der Waals surface area contributed by atoms with Crippen LogP contribution in [0.3, 0.4) is 0 Å². The third-order valence-corrected chi connectivity index (χ3v) is 5.26. The molecule has 0 unspecified atom stereocenters. The van der Waals surface area contributed by atoms with E-state index in [1.807, 2.05) is 0 Å². The molecule has 0 radical (unpaired) electrons. The summed E-state index contributed by atoms with van der Waals surface area (Å²) in [7, 11) is 0. The van der Waals surface area contributed by atoms with Gasteiger partial charge in [0.15, 0.2) is 0 Å². The predicted molar refractivity (Wildman–Crippen MR) is 108 cm³/mol. The first-order valence-corrected chi connectivity index (χ1v) is 9.66. The van der Waals surface area contributed by atoms with Crippen molar-refractivity contribution in [3.05, 3.63) is 94.8 Å². The Bertz CT molecular complexity index is 873. The summed E-state index contributed by atoms with van der Waals surface area (Å²) in [5.74, 6) is 0. The van der Waals surface area contributed by atoms with Gasteiger partial charge >= 0.3 is 0 Å². The van der Waals surface area contributed by atoms with E-state index in [0.717, 1.165) is 25.7 Å². The summed E-state index contributed by atoms with van der Waals surface area (Å²) in [6, 6.07) is 23.0. The van der Waals surface area contributed by atoms with Gasteiger partial charge in [-0.05, 0) is 49.9 Å². The number of hydrogen-bond donors (Lipinski definition) is 0. The lowest BCUT2D eigenvalue weighted by Gasteiger charge is -2.23. The molecule has 2 nitrogen and oxygen atoms in total. The topological polar surface area (TPSA) is 8.17 Å². The standard InChI is InChI=1S/C24H28N2/c1-19-6-3-8-21(14-19)16-25-13-5-10-24(25)18-26(23-11-12-23)17-22-9-4-7-20(2)15-22/h3-10,13-15,23H,11-12,16-18H2,1-2H3. The third kappa shape index (κ3) is 4.25. The van der Waals surface area contributed by atoms with E-state index in [0.29, 0.717) is 0 Å². The van der Waals surface area contributed by atoms with E-state index < -0.39 is 0 Å². The molecule has 0 spiro atoms. The molecule has 0 saturated heterocycles. The van der Waals surface area contributed by atoms with Crippen LogP contribution in [0.15, 0.2) is 66.9 Å². The molecular weight excluding hydrogens is 316 g/mol. The van der Waals surface area contributed by atoms with Gasteiger partial charge in [0.2, 0.25) is 0 Å². The van der Waals surface area contributed by atoms with Crippen LogP contribution in [0.2, 0.25) is 0 Å². The van der Waals surface area contributed by atoms with Crippen molar-refractivity contribution in [3.63, 3.8) is 0 Å². The van der Waals surface area contributed by atoms with E-state index >= 15 is 0 Å². The van der Waals surface area contributed by atoms with Crippen LogP contribution >= 0.6 is 0 Å². The molecule has 134 valence electrons. The van der Waals surface area contributed by atoms with Gasteiger partial charge in [0, 0.05) is 37.6 Å². The summed E-state index contributed by atoms with van der Waals surface area (Å²) in [5.41, 5.74) is 6.88. The molecule has 0 bridgehead atoms. The van der Waals surface area contributed by atoms with E-state index in [4.69, 9.17) is 0 Å². The lowest BCUT2D eigenvalue weighted by atomic mass is 10.1. The molecule has 2 heteroatoms. The molecule has 1 aromatic heterocycles. The van der Waals surface area contributed by atoms with E-state index in [1.165, 1.54) is 40.8 Å². The molecule has 4 rings (SSSR count). The second-order valence-corrected chi connectivity index (χ2v) is 7.74. The number of aryl methyl sites for hydroxylation is 2. The van der Waals surface area contributed by atoms with E-state index in [-0.39, 0.29) is 0 Å². The highest BCUT2D eigenvalue weighted by molar-refractivity contribution is 5.24. The summed E-state index contributed by atoms with van der Waals surface area (Å²) in [6.07, 6.45) is 4.89. The summed E-state index contributed by atoms with van der Waals surface area (Å²) in [5, 5.41) is 0. The molecule has 0 aliphatic heterocycles. The Morgan fingerprint density at radius 2 is 1.54 bits per heavy atom. The highest BCUT2D eigenvalue weighted by atomic mass is 15.2. The fraction of sp³-hybridized carbons (Fsp3) is 0.333. The summed E-state index contributed by atoms with van der Waals surface area (Å²) >= 11 is 0. The maximum atomic E-state index is 2.65. The summed E-state index contributed by atoms with van der Waals surface area (Å²) in [4.78, 5) is 2.65. The zero-order valence-electron chi connectivity index (χ0n) is 15.9. The lowest BCUT2D eigenvalue weighted by Crippen LogP contribution is -2.26. The highest BCUT2D eigenvalue weighted by Crippen LogP contribution is 2.30. The van der Waals surface area contributed by atoms with Crippen molar-refractivity contribution in [2.75, 3.05) is 0 Å². The minimum atomic E-state index is 0.748. The van der Waals surface area contributed by atoms with Crippen LogP contribution in [0, 0.1) is 13.8 Å². The van der Waals surface area contributed by atoms with E-state index in [9.17, 15) is 0 Å². The van der Waals surface area contributed by atoms with Crippen LogP contribution in [0.5, 0.6) is 0 Å². The first-order valence-electron chi connectivity index (χ1n) is 9.66. The van der Waals surface area contributed by atoms with Crippen molar-refractivity contribution >= 4 is 0 Å². The Morgan fingerprint density at radius 3 is 2.23 bits per heavy atom. The van der Waals surface area contributed by atoms with Gasteiger partial charge in [-0.1, -0.05) is 59.7 Å². The lowest BCUT2D eigenvalue weighted by molar-refractivity contribution is 0.239. The van der Waals surface area contributed by atoms with Gasteiger partial charge in [0.05, 0.1) is 0 Å². The van der Waals surface area contributed by atoms with Gasteiger partial charge in [-0.25, -0.2) is 0 Å². The second kappa shape index (κ2) is 7.51. The van der Waals surface area contributed by atoms with Gasteiger partial charge in [0.25, 0.3) is 0 Å². The Balaban J connectivity index is 1.49. The Kier molecular flexibility index (Phi) is 4.94. The minimum Gasteiger partial charge on any atom is -0.346 e. The molecule has 3 aromatic rings. The SMILES string of the molecule is Cc1cccc(CN(Cc2cccn2Cc2cccc(C)c2)C2CC2)c1. The van der Waals surface area contributed by atoms with Gasteiger partial charge in [-0.15, -0.1) is 0 Å². The molecule has 0 amide bonds. The second-order valence-electron chi connectivity index (χ2n) is 7.74. The molecule has 1 aliphatic carbocycles. The van der Waals surface area contributed by atoms with Crippen LogP contribution in [0.25, 0.3) is 0 Å². The van der Waals surface area contributed by atoms with Gasteiger partial charge in [0.1, 0.15) is 0 Å². The minimum absolute atomic E-state index is 0.748. The fourth-order valence-corrected chi connectivity index (χ4v) is 3.76. The zero-order valence-corrected chi connectivity index (χ0v) is 15.9. The fourth-order valence-electron chi connectivity index (χ4n) is 3.76. The number of aromatic nitrogens is 1. The van der Waals surface area contributed by atoms with Gasteiger partial charge in [-0.2, -0.15) is 0 Å². The third-order valence-electron chi connectivity index (χ3n) is 5.26.